The van der Waals surface area contributed by atoms with E-state index in [0.717, 1.165) is 30.7 Å². The molecule has 0 bridgehead atoms. The van der Waals surface area contributed by atoms with Crippen molar-refractivity contribution in [3.05, 3.63) is 52.5 Å². The molecule has 1 saturated heterocycles. The lowest BCUT2D eigenvalue weighted by Gasteiger charge is -2.36. The Morgan fingerprint density at radius 3 is 2.49 bits per heavy atom. The van der Waals surface area contributed by atoms with Gasteiger partial charge in [0, 0.05) is 56.6 Å². The van der Waals surface area contributed by atoms with Gasteiger partial charge in [-0.2, -0.15) is 0 Å². The van der Waals surface area contributed by atoms with Crippen LogP contribution in [0.3, 0.4) is 0 Å². The average Bonchev–Trinajstić information content (AvgIpc) is 3.66. The number of thiazole rings is 1. The van der Waals surface area contributed by atoms with Crippen molar-refractivity contribution < 1.29 is 19.1 Å². The first-order valence-corrected chi connectivity index (χ1v) is 15.2. The predicted octanol–water partition coefficient (Wildman–Crippen LogP) is 5.11. The number of benzene rings is 1. The molecule has 0 spiro atoms. The number of hydrogen-bond donors (Lipinski definition) is 1. The number of nitrogens with one attached hydrogen (secondary N) is 1. The predicted molar refractivity (Wildman–Crippen MR) is 157 cm³/mol. The van der Waals surface area contributed by atoms with Crippen molar-refractivity contribution in [3.63, 3.8) is 0 Å². The van der Waals surface area contributed by atoms with Crippen LogP contribution < -0.4 is 5.32 Å². The zero-order valence-corrected chi connectivity index (χ0v) is 25.3. The zero-order chi connectivity index (χ0) is 28.4. The number of hydrogen-bond acceptors (Lipinski definition) is 7. The summed E-state index contributed by atoms with van der Waals surface area (Å²) in [6, 6.07) is 10.2. The van der Waals surface area contributed by atoms with Crippen molar-refractivity contribution in [2.24, 2.45) is 11.8 Å². The molecule has 7 nitrogen and oxygen atoms in total. The number of methoxy groups -OCH3 is 2. The maximum atomic E-state index is 13.7. The molecule has 1 aromatic carbocycles. The second kappa shape index (κ2) is 15.6. The van der Waals surface area contributed by atoms with Gasteiger partial charge in [0.1, 0.15) is 5.78 Å². The van der Waals surface area contributed by atoms with Crippen molar-refractivity contribution in [2.75, 3.05) is 27.8 Å². The van der Waals surface area contributed by atoms with Gasteiger partial charge in [0.15, 0.2) is 0 Å². The van der Waals surface area contributed by atoms with Gasteiger partial charge >= 0.3 is 0 Å². The quantitative estimate of drug-likeness (QED) is 0.309. The Hall–Kier alpha value is -2.13. The second-order valence-electron chi connectivity index (χ2n) is 10.9. The third-order valence-corrected chi connectivity index (χ3v) is 9.45. The molecule has 1 amide bonds. The van der Waals surface area contributed by atoms with Crippen LogP contribution in [0.25, 0.3) is 0 Å². The molecular formula is C31H47N3O4S. The van der Waals surface area contributed by atoms with Gasteiger partial charge in [0.2, 0.25) is 5.91 Å². The molecule has 7 atom stereocenters. The van der Waals surface area contributed by atoms with Crippen LogP contribution in [-0.2, 0) is 25.5 Å². The summed E-state index contributed by atoms with van der Waals surface area (Å²) in [5, 5.41) is 6.31. The van der Waals surface area contributed by atoms with Crippen molar-refractivity contribution in [1.29, 1.82) is 0 Å². The number of likely N-dealkylation sites (N-methyl/N-ethyl adjacent to an activating group) is 1. The third-order valence-electron chi connectivity index (χ3n) is 8.51. The highest BCUT2D eigenvalue weighted by molar-refractivity contribution is 7.09. The van der Waals surface area contributed by atoms with Gasteiger partial charge in [-0.25, -0.2) is 4.98 Å². The number of carbonyl (C=O) groups is 2. The van der Waals surface area contributed by atoms with Gasteiger partial charge in [-0.1, -0.05) is 57.5 Å². The van der Waals surface area contributed by atoms with Crippen molar-refractivity contribution >= 4 is 23.0 Å². The Morgan fingerprint density at radius 2 is 1.90 bits per heavy atom. The minimum Gasteiger partial charge on any atom is -0.379 e. The van der Waals surface area contributed by atoms with Crippen LogP contribution in [0.1, 0.15) is 69.4 Å². The number of Topliss-reactive ketones (excluding diaryl/α,β-unsaturated/α-hetero) is 1. The van der Waals surface area contributed by atoms with Crippen LogP contribution in [-0.4, -0.2) is 73.7 Å². The van der Waals surface area contributed by atoms with E-state index < -0.39 is 0 Å². The number of amides is 1. The van der Waals surface area contributed by atoms with Gasteiger partial charge in [-0.3, -0.25) is 9.59 Å². The molecule has 0 saturated carbocycles. The SMILES string of the molecule is CC[C@H](C)[C@H](NC)[C@@H](CC(=O)N1CCC[C@H]1[C@H](OC)[C@@H](C)C(=O)C[C@@H](Cc1ccccc1)c1nccs1)OC. The van der Waals surface area contributed by atoms with E-state index in [1.807, 2.05) is 42.5 Å². The molecule has 8 heteroatoms. The molecule has 216 valence electrons. The molecule has 0 aliphatic carbocycles. The smallest absolute Gasteiger partial charge is 0.225 e. The highest BCUT2D eigenvalue weighted by Crippen LogP contribution is 2.32. The van der Waals surface area contributed by atoms with E-state index in [0.29, 0.717) is 25.3 Å². The Kier molecular flexibility index (Phi) is 12.6. The van der Waals surface area contributed by atoms with E-state index in [-0.39, 0.29) is 47.8 Å². The van der Waals surface area contributed by atoms with Gasteiger partial charge < -0.3 is 19.7 Å². The summed E-state index contributed by atoms with van der Waals surface area (Å²) in [4.78, 5) is 33.8. The largest absolute Gasteiger partial charge is 0.379 e. The first kappa shape index (κ1) is 31.4. The molecule has 1 fully saturated rings. The van der Waals surface area contributed by atoms with Gasteiger partial charge in [-0.15, -0.1) is 11.3 Å². The average molecular weight is 558 g/mol. The zero-order valence-electron chi connectivity index (χ0n) is 24.5. The van der Waals surface area contributed by atoms with E-state index >= 15 is 0 Å². The molecule has 39 heavy (non-hydrogen) atoms. The van der Waals surface area contributed by atoms with Crippen LogP contribution in [0, 0.1) is 11.8 Å². The van der Waals surface area contributed by atoms with Crippen LogP contribution >= 0.6 is 11.3 Å². The summed E-state index contributed by atoms with van der Waals surface area (Å²) in [5.41, 5.74) is 1.19. The van der Waals surface area contributed by atoms with Gasteiger partial charge in [-0.05, 0) is 37.8 Å². The lowest BCUT2D eigenvalue weighted by atomic mass is 9.85. The second-order valence-corrected chi connectivity index (χ2v) is 11.8. The number of rotatable bonds is 16. The molecule has 1 aliphatic heterocycles. The van der Waals surface area contributed by atoms with Crippen LogP contribution in [0.5, 0.6) is 0 Å². The highest BCUT2D eigenvalue weighted by atomic mass is 32.1. The van der Waals surface area contributed by atoms with E-state index in [2.05, 4.69) is 36.3 Å². The van der Waals surface area contributed by atoms with Crippen LogP contribution in [0.15, 0.2) is 41.9 Å². The number of ketones is 1. The molecule has 0 unspecified atom stereocenters. The number of carbonyl (C=O) groups excluding carboxylic acids is 2. The summed E-state index contributed by atoms with van der Waals surface area (Å²) in [7, 11) is 5.27. The number of ether oxygens (including phenoxy) is 2. The maximum Gasteiger partial charge on any atom is 0.225 e. The summed E-state index contributed by atoms with van der Waals surface area (Å²) in [6.07, 6.45) is 5.46. The lowest BCUT2D eigenvalue weighted by Crippen LogP contribution is -2.50. The van der Waals surface area contributed by atoms with Crippen LogP contribution in [0.2, 0.25) is 0 Å². The summed E-state index contributed by atoms with van der Waals surface area (Å²) in [5.74, 6) is 0.282. The fourth-order valence-corrected chi connectivity index (χ4v) is 6.81. The molecule has 2 heterocycles. The molecule has 1 aromatic heterocycles. The van der Waals surface area contributed by atoms with E-state index in [1.54, 1.807) is 31.8 Å². The Balaban J connectivity index is 1.71. The van der Waals surface area contributed by atoms with Crippen molar-refractivity contribution in [3.8, 4) is 0 Å². The lowest BCUT2D eigenvalue weighted by molar-refractivity contribution is -0.141. The first-order chi connectivity index (χ1) is 18.8. The number of nitrogens with zero attached hydrogens (tertiary/aromatic N) is 2. The third kappa shape index (κ3) is 8.19. The van der Waals surface area contributed by atoms with E-state index in [1.165, 1.54) is 5.56 Å². The Bertz CT molecular complexity index is 1000. The number of likely N-dealkylation sites (tertiary alicyclic amines) is 1. The van der Waals surface area contributed by atoms with E-state index in [9.17, 15) is 9.59 Å². The van der Waals surface area contributed by atoms with Crippen LogP contribution in [0.4, 0.5) is 0 Å². The molecule has 1 aliphatic rings. The molecule has 0 radical (unpaired) electrons. The Labute approximate surface area is 238 Å². The minimum absolute atomic E-state index is 0.0164. The maximum absolute atomic E-state index is 13.7. The normalized spacial score (nSPS) is 20.3. The standard InChI is InChI=1S/C31H47N3O4S/c1-7-21(2)29(32-4)27(37-5)20-28(36)34-16-11-14-25(34)30(38-6)22(3)26(35)19-24(31-33-15-17-39-31)18-23-12-9-8-10-13-23/h8-10,12-13,15,17,21-22,24-25,27,29-30,32H,7,11,14,16,18-20H2,1-6H3/t21-,22-,24+,25-,27+,29-,30+/m0/s1. The van der Waals surface area contributed by atoms with E-state index in [4.69, 9.17) is 9.47 Å². The molecule has 1 N–H and O–H groups in total. The summed E-state index contributed by atoms with van der Waals surface area (Å²) < 4.78 is 11.8. The molecule has 3 rings (SSSR count). The number of aromatic nitrogens is 1. The Morgan fingerprint density at radius 1 is 1.15 bits per heavy atom. The monoisotopic (exact) mass is 557 g/mol. The molecule has 2 aromatic rings. The fourth-order valence-electron chi connectivity index (χ4n) is 6.07. The van der Waals surface area contributed by atoms with Gasteiger partial charge in [0.05, 0.1) is 29.7 Å². The minimum atomic E-state index is -0.353. The topological polar surface area (TPSA) is 80.8 Å². The van der Waals surface area contributed by atoms with Crippen molar-refractivity contribution in [2.45, 2.75) is 89.5 Å². The van der Waals surface area contributed by atoms with Gasteiger partial charge in [0.25, 0.3) is 0 Å². The summed E-state index contributed by atoms with van der Waals surface area (Å²) in [6.45, 7) is 6.97. The van der Waals surface area contributed by atoms with Crippen molar-refractivity contribution in [1.82, 2.24) is 15.2 Å². The molecular weight excluding hydrogens is 510 g/mol. The summed E-state index contributed by atoms with van der Waals surface area (Å²) >= 11 is 1.60. The highest BCUT2D eigenvalue weighted by Gasteiger charge is 2.41. The first-order valence-electron chi connectivity index (χ1n) is 14.3. The fraction of sp³-hybridized carbons (Fsp3) is 0.645.